The van der Waals surface area contributed by atoms with E-state index in [4.69, 9.17) is 4.74 Å². The lowest BCUT2D eigenvalue weighted by Gasteiger charge is -2.13. The Hall–Kier alpha value is -2.33. The van der Waals surface area contributed by atoms with E-state index in [2.05, 4.69) is 20.6 Å². The van der Waals surface area contributed by atoms with Crippen LogP contribution in [-0.4, -0.2) is 65.3 Å². The van der Waals surface area contributed by atoms with Gasteiger partial charge in [0.15, 0.2) is 5.82 Å². The van der Waals surface area contributed by atoms with E-state index in [1.807, 2.05) is 25.9 Å². The summed E-state index contributed by atoms with van der Waals surface area (Å²) in [5.41, 5.74) is 1.79. The average Bonchev–Trinajstić information content (AvgIpc) is 2.80. The van der Waals surface area contributed by atoms with Crippen LogP contribution in [0.1, 0.15) is 11.4 Å². The molecule has 1 rings (SSSR count). The molecular formula is C13H24N6O4. The van der Waals surface area contributed by atoms with E-state index < -0.39 is 11.0 Å². The van der Waals surface area contributed by atoms with E-state index in [0.29, 0.717) is 12.6 Å². The summed E-state index contributed by atoms with van der Waals surface area (Å²) in [4.78, 5) is 19.1. The molecule has 1 aromatic rings. The molecule has 10 nitrogen and oxygen atoms in total. The summed E-state index contributed by atoms with van der Waals surface area (Å²) in [6.07, 6.45) is -0.0574. The Balaban J connectivity index is 2.44. The third kappa shape index (κ3) is 6.98. The van der Waals surface area contributed by atoms with Crippen LogP contribution in [-0.2, 0) is 6.54 Å². The van der Waals surface area contributed by atoms with Gasteiger partial charge in [0, 0.05) is 25.8 Å². The molecule has 0 aliphatic carbocycles. The van der Waals surface area contributed by atoms with Crippen LogP contribution in [0.15, 0.2) is 12.0 Å². The molecule has 0 saturated carbocycles. The second-order valence-corrected chi connectivity index (χ2v) is 5.28. The molecule has 130 valence electrons. The second-order valence-electron chi connectivity index (χ2n) is 5.28. The molecule has 0 aliphatic rings. The molecule has 0 spiro atoms. The number of rotatable bonds is 10. The number of nitrogens with one attached hydrogen (secondary N) is 3. The van der Waals surface area contributed by atoms with E-state index in [-0.39, 0.29) is 19.0 Å². The van der Waals surface area contributed by atoms with Gasteiger partial charge in [-0.05, 0) is 21.0 Å². The van der Waals surface area contributed by atoms with Crippen molar-refractivity contribution in [1.29, 1.82) is 0 Å². The first-order chi connectivity index (χ1) is 10.8. The minimum absolute atomic E-state index is 0.0107. The minimum atomic E-state index is -0.846. The molecule has 0 radical (unpaired) electrons. The summed E-state index contributed by atoms with van der Waals surface area (Å²) in [5, 5.41) is 25.6. The standard InChI is InChI=1S/C13H24N6O4/c1-9-11(6-18(3)4)17-13(16-9)23-8-10(20)5-15-12(14-2)7-19(21)22/h7,10,14-15,20H,5-6,8H2,1-4H3,(H,16,17). The SMILES string of the molecule is CNC(=C[N+](=O)[O-])NCC(O)COc1nc(CN(C)C)c(C)[nH]1. The molecule has 1 atom stereocenters. The van der Waals surface area contributed by atoms with Crippen LogP contribution in [0.2, 0.25) is 0 Å². The number of aromatic nitrogens is 2. The number of aliphatic hydroxyl groups excluding tert-OH is 1. The van der Waals surface area contributed by atoms with E-state index in [0.717, 1.165) is 17.6 Å². The number of imidazole rings is 1. The third-order valence-corrected chi connectivity index (χ3v) is 2.87. The molecule has 1 heterocycles. The normalized spacial score (nSPS) is 13.0. The van der Waals surface area contributed by atoms with Crippen molar-refractivity contribution in [2.45, 2.75) is 19.6 Å². The maximum atomic E-state index is 10.4. The predicted molar refractivity (Wildman–Crippen MR) is 84.4 cm³/mol. The zero-order valence-electron chi connectivity index (χ0n) is 13.8. The molecule has 0 bridgehead atoms. The third-order valence-electron chi connectivity index (χ3n) is 2.87. The number of nitrogens with zero attached hydrogens (tertiary/aromatic N) is 3. The van der Waals surface area contributed by atoms with Crippen LogP contribution in [0.4, 0.5) is 0 Å². The summed E-state index contributed by atoms with van der Waals surface area (Å²) >= 11 is 0. The van der Waals surface area contributed by atoms with Crippen LogP contribution < -0.4 is 15.4 Å². The highest BCUT2D eigenvalue weighted by molar-refractivity contribution is 5.15. The van der Waals surface area contributed by atoms with Gasteiger partial charge in [0.2, 0.25) is 0 Å². The van der Waals surface area contributed by atoms with Gasteiger partial charge in [0.25, 0.3) is 12.2 Å². The zero-order chi connectivity index (χ0) is 17.4. The van der Waals surface area contributed by atoms with Crippen LogP contribution >= 0.6 is 0 Å². The smallest absolute Gasteiger partial charge is 0.294 e. The summed E-state index contributed by atoms with van der Waals surface area (Å²) in [6.45, 7) is 2.70. The molecule has 0 aliphatic heterocycles. The first-order valence-corrected chi connectivity index (χ1v) is 7.09. The zero-order valence-corrected chi connectivity index (χ0v) is 13.8. The van der Waals surface area contributed by atoms with Gasteiger partial charge < -0.3 is 30.4 Å². The molecule has 1 unspecified atom stereocenters. The number of aromatic amines is 1. The Kier molecular flexibility index (Phi) is 7.29. The van der Waals surface area contributed by atoms with Gasteiger partial charge >= 0.3 is 0 Å². The summed E-state index contributed by atoms with van der Waals surface area (Å²) < 4.78 is 5.41. The lowest BCUT2D eigenvalue weighted by Crippen LogP contribution is -2.34. The number of hydrogen-bond acceptors (Lipinski definition) is 8. The van der Waals surface area contributed by atoms with Crippen LogP contribution in [0.5, 0.6) is 6.01 Å². The van der Waals surface area contributed by atoms with Crippen LogP contribution in [0, 0.1) is 17.0 Å². The minimum Gasteiger partial charge on any atom is -0.462 e. The van der Waals surface area contributed by atoms with Crippen molar-refractivity contribution in [3.05, 3.63) is 33.5 Å². The topological polar surface area (TPSA) is 129 Å². The van der Waals surface area contributed by atoms with Crippen LogP contribution in [0.3, 0.4) is 0 Å². The highest BCUT2D eigenvalue weighted by Crippen LogP contribution is 2.12. The van der Waals surface area contributed by atoms with Crippen molar-refractivity contribution in [2.75, 3.05) is 34.3 Å². The Morgan fingerprint density at radius 3 is 2.87 bits per heavy atom. The quantitative estimate of drug-likeness (QED) is 0.331. The maximum absolute atomic E-state index is 10.4. The Labute approximate surface area is 134 Å². The number of nitro groups is 1. The first kappa shape index (κ1) is 18.7. The molecule has 10 heteroatoms. The highest BCUT2D eigenvalue weighted by Gasteiger charge is 2.11. The molecule has 0 amide bonds. The molecular weight excluding hydrogens is 304 g/mol. The second kappa shape index (κ2) is 8.96. The monoisotopic (exact) mass is 328 g/mol. The van der Waals surface area contributed by atoms with Crippen LogP contribution in [0.25, 0.3) is 0 Å². The molecule has 0 fully saturated rings. The molecule has 0 aromatic carbocycles. The number of hydrogen-bond donors (Lipinski definition) is 4. The lowest BCUT2D eigenvalue weighted by molar-refractivity contribution is -0.404. The maximum Gasteiger partial charge on any atom is 0.294 e. The van der Waals surface area contributed by atoms with Crippen molar-refractivity contribution in [3.63, 3.8) is 0 Å². The van der Waals surface area contributed by atoms with Crippen molar-refractivity contribution in [2.24, 2.45) is 0 Å². The predicted octanol–water partition coefficient (Wildman–Crippen LogP) is -0.596. The van der Waals surface area contributed by atoms with Crippen molar-refractivity contribution in [3.8, 4) is 6.01 Å². The van der Waals surface area contributed by atoms with E-state index in [1.165, 1.54) is 0 Å². The summed E-state index contributed by atoms with van der Waals surface area (Å²) in [6, 6.07) is 0.341. The molecule has 1 aromatic heterocycles. The fourth-order valence-corrected chi connectivity index (χ4v) is 1.75. The number of aliphatic hydroxyl groups is 1. The van der Waals surface area contributed by atoms with E-state index >= 15 is 0 Å². The van der Waals surface area contributed by atoms with Crippen molar-refractivity contribution >= 4 is 0 Å². The number of ether oxygens (including phenoxy) is 1. The van der Waals surface area contributed by atoms with Gasteiger partial charge in [-0.3, -0.25) is 10.1 Å². The van der Waals surface area contributed by atoms with Gasteiger partial charge in [-0.2, -0.15) is 4.98 Å². The number of aryl methyl sites for hydroxylation is 1. The fourth-order valence-electron chi connectivity index (χ4n) is 1.75. The fraction of sp³-hybridized carbons (Fsp3) is 0.615. The first-order valence-electron chi connectivity index (χ1n) is 7.09. The average molecular weight is 328 g/mol. The Morgan fingerprint density at radius 2 is 2.30 bits per heavy atom. The van der Waals surface area contributed by atoms with Gasteiger partial charge in [-0.25, -0.2) is 0 Å². The highest BCUT2D eigenvalue weighted by atomic mass is 16.6. The summed E-state index contributed by atoms with van der Waals surface area (Å²) in [5.74, 6) is 0.205. The Bertz CT molecular complexity index is 543. The van der Waals surface area contributed by atoms with Crippen molar-refractivity contribution in [1.82, 2.24) is 25.5 Å². The van der Waals surface area contributed by atoms with Gasteiger partial charge in [0.05, 0.1) is 10.6 Å². The van der Waals surface area contributed by atoms with E-state index in [9.17, 15) is 15.2 Å². The lowest BCUT2D eigenvalue weighted by atomic mass is 10.3. The Morgan fingerprint density at radius 1 is 1.61 bits per heavy atom. The molecule has 4 N–H and O–H groups in total. The van der Waals surface area contributed by atoms with E-state index in [1.54, 1.807) is 7.05 Å². The van der Waals surface area contributed by atoms with Gasteiger partial charge in [0.1, 0.15) is 12.7 Å². The van der Waals surface area contributed by atoms with Crippen molar-refractivity contribution < 1.29 is 14.8 Å². The largest absolute Gasteiger partial charge is 0.462 e. The van der Waals surface area contributed by atoms with Gasteiger partial charge in [-0.1, -0.05) is 0 Å². The summed E-state index contributed by atoms with van der Waals surface area (Å²) in [7, 11) is 5.44. The number of H-pyrrole nitrogens is 1. The molecule has 0 saturated heterocycles. The van der Waals surface area contributed by atoms with Gasteiger partial charge in [-0.15, -0.1) is 0 Å². The molecule has 23 heavy (non-hydrogen) atoms.